The van der Waals surface area contributed by atoms with E-state index in [4.69, 9.17) is 12.2 Å². The highest BCUT2D eigenvalue weighted by Gasteiger charge is 2.04. The Bertz CT molecular complexity index is 491. The standard InChI is InChI=1S/C17H25N3S/c1-20(2)16-10-8-15(9-11-16)19-17(21)18-13-12-14-6-4-3-5-7-14/h6,8-11H,3-5,7,12-13H2,1-2H3,(H2,18,19,21). The van der Waals surface area contributed by atoms with Gasteiger partial charge >= 0.3 is 0 Å². The Balaban J connectivity index is 1.72. The van der Waals surface area contributed by atoms with E-state index in [0.29, 0.717) is 5.11 Å². The first kappa shape index (κ1) is 15.8. The zero-order chi connectivity index (χ0) is 15.1. The van der Waals surface area contributed by atoms with Crippen molar-refractivity contribution in [3.8, 4) is 0 Å². The molecule has 0 spiro atoms. The number of nitrogens with zero attached hydrogens (tertiary/aromatic N) is 1. The van der Waals surface area contributed by atoms with Crippen molar-refractivity contribution in [2.45, 2.75) is 32.1 Å². The lowest BCUT2D eigenvalue weighted by Gasteiger charge is -2.15. The molecular weight excluding hydrogens is 278 g/mol. The molecule has 2 N–H and O–H groups in total. The summed E-state index contributed by atoms with van der Waals surface area (Å²) in [5, 5.41) is 7.21. The zero-order valence-corrected chi connectivity index (χ0v) is 13.8. The SMILES string of the molecule is CN(C)c1ccc(NC(=S)NCCC2=CCCCC2)cc1. The molecular formula is C17H25N3S. The van der Waals surface area contributed by atoms with E-state index in [1.165, 1.54) is 31.4 Å². The van der Waals surface area contributed by atoms with E-state index in [2.05, 4.69) is 33.7 Å². The number of hydrogen-bond acceptors (Lipinski definition) is 2. The monoisotopic (exact) mass is 303 g/mol. The quantitative estimate of drug-likeness (QED) is 0.636. The van der Waals surface area contributed by atoms with Gasteiger partial charge in [0, 0.05) is 32.0 Å². The van der Waals surface area contributed by atoms with Gasteiger partial charge in [0.25, 0.3) is 0 Å². The second-order valence-corrected chi connectivity index (χ2v) is 6.09. The van der Waals surface area contributed by atoms with Crippen molar-refractivity contribution in [1.29, 1.82) is 0 Å². The number of rotatable bonds is 5. The van der Waals surface area contributed by atoms with Crippen molar-refractivity contribution in [3.63, 3.8) is 0 Å². The summed E-state index contributed by atoms with van der Waals surface area (Å²) in [5.74, 6) is 0. The third-order valence-electron chi connectivity index (χ3n) is 3.76. The molecule has 0 aliphatic heterocycles. The summed E-state index contributed by atoms with van der Waals surface area (Å²) in [4.78, 5) is 2.08. The summed E-state index contributed by atoms with van der Waals surface area (Å²) in [5.41, 5.74) is 3.78. The Kier molecular flexibility index (Phi) is 6.05. The predicted octanol–water partition coefficient (Wildman–Crippen LogP) is 3.93. The summed E-state index contributed by atoms with van der Waals surface area (Å²) in [6, 6.07) is 8.26. The minimum atomic E-state index is 0.698. The lowest BCUT2D eigenvalue weighted by atomic mass is 9.97. The number of thiocarbonyl (C=S) groups is 1. The van der Waals surface area contributed by atoms with Crippen LogP contribution in [0.1, 0.15) is 32.1 Å². The normalized spacial score (nSPS) is 14.3. The summed E-state index contributed by atoms with van der Waals surface area (Å²) in [6.45, 7) is 0.910. The molecule has 4 heteroatoms. The van der Waals surface area contributed by atoms with Crippen molar-refractivity contribution >= 4 is 28.7 Å². The van der Waals surface area contributed by atoms with Crippen LogP contribution in [0, 0.1) is 0 Å². The minimum absolute atomic E-state index is 0.698. The average Bonchev–Trinajstić information content (AvgIpc) is 2.49. The lowest BCUT2D eigenvalue weighted by Crippen LogP contribution is -2.29. The molecule has 0 saturated heterocycles. The van der Waals surface area contributed by atoms with Gasteiger partial charge in [-0.3, -0.25) is 0 Å². The maximum absolute atomic E-state index is 5.34. The van der Waals surface area contributed by atoms with Crippen molar-refractivity contribution in [2.24, 2.45) is 0 Å². The van der Waals surface area contributed by atoms with Crippen LogP contribution in [-0.4, -0.2) is 25.8 Å². The van der Waals surface area contributed by atoms with Gasteiger partial charge < -0.3 is 15.5 Å². The van der Waals surface area contributed by atoms with Gasteiger partial charge in [-0.25, -0.2) is 0 Å². The van der Waals surface area contributed by atoms with Crippen LogP contribution >= 0.6 is 12.2 Å². The molecule has 0 radical (unpaired) electrons. The Morgan fingerprint density at radius 2 is 1.95 bits per heavy atom. The molecule has 0 bridgehead atoms. The highest BCUT2D eigenvalue weighted by atomic mass is 32.1. The van der Waals surface area contributed by atoms with Crippen LogP contribution in [0.15, 0.2) is 35.9 Å². The number of benzene rings is 1. The van der Waals surface area contributed by atoms with Crippen LogP contribution in [0.25, 0.3) is 0 Å². The topological polar surface area (TPSA) is 27.3 Å². The van der Waals surface area contributed by atoms with E-state index in [-0.39, 0.29) is 0 Å². The molecule has 0 aromatic heterocycles. The smallest absolute Gasteiger partial charge is 0.170 e. The first-order valence-electron chi connectivity index (χ1n) is 7.65. The van der Waals surface area contributed by atoms with Crippen molar-refractivity contribution in [1.82, 2.24) is 5.32 Å². The summed E-state index contributed by atoms with van der Waals surface area (Å²) in [6.07, 6.45) is 8.68. The molecule has 0 unspecified atom stereocenters. The molecule has 21 heavy (non-hydrogen) atoms. The van der Waals surface area contributed by atoms with E-state index in [1.807, 2.05) is 26.2 Å². The van der Waals surface area contributed by atoms with E-state index in [9.17, 15) is 0 Å². The molecule has 0 heterocycles. The third kappa shape index (κ3) is 5.38. The Labute approximate surface area is 133 Å². The molecule has 114 valence electrons. The Hall–Kier alpha value is -1.55. The van der Waals surface area contributed by atoms with Gasteiger partial charge in [-0.15, -0.1) is 0 Å². The first-order chi connectivity index (χ1) is 10.1. The summed E-state index contributed by atoms with van der Waals surface area (Å²) < 4.78 is 0. The van der Waals surface area contributed by atoms with Gasteiger partial charge in [0.1, 0.15) is 0 Å². The maximum Gasteiger partial charge on any atom is 0.170 e. The van der Waals surface area contributed by atoms with Gasteiger partial charge in [0.2, 0.25) is 0 Å². The van der Waals surface area contributed by atoms with Gasteiger partial charge in [-0.2, -0.15) is 0 Å². The molecule has 0 amide bonds. The zero-order valence-electron chi connectivity index (χ0n) is 13.0. The highest BCUT2D eigenvalue weighted by molar-refractivity contribution is 7.80. The largest absolute Gasteiger partial charge is 0.378 e. The lowest BCUT2D eigenvalue weighted by molar-refractivity contribution is 0.669. The minimum Gasteiger partial charge on any atom is -0.378 e. The summed E-state index contributed by atoms with van der Waals surface area (Å²) >= 11 is 5.34. The van der Waals surface area contributed by atoms with E-state index in [1.54, 1.807) is 5.57 Å². The fourth-order valence-corrected chi connectivity index (χ4v) is 2.71. The molecule has 0 atom stereocenters. The van der Waals surface area contributed by atoms with Gasteiger partial charge in [0.05, 0.1) is 0 Å². The molecule has 1 aliphatic carbocycles. The second kappa shape index (κ2) is 8.03. The Morgan fingerprint density at radius 3 is 2.57 bits per heavy atom. The number of anilines is 2. The van der Waals surface area contributed by atoms with Crippen LogP contribution in [0.5, 0.6) is 0 Å². The molecule has 1 aliphatic rings. The molecule has 3 nitrogen and oxygen atoms in total. The maximum atomic E-state index is 5.34. The van der Waals surface area contributed by atoms with E-state index >= 15 is 0 Å². The van der Waals surface area contributed by atoms with Crippen molar-refractivity contribution < 1.29 is 0 Å². The average molecular weight is 303 g/mol. The fraction of sp³-hybridized carbons (Fsp3) is 0.471. The molecule has 0 fully saturated rings. The number of nitrogens with one attached hydrogen (secondary N) is 2. The molecule has 1 aromatic carbocycles. The highest BCUT2D eigenvalue weighted by Crippen LogP contribution is 2.19. The van der Waals surface area contributed by atoms with Crippen LogP contribution < -0.4 is 15.5 Å². The van der Waals surface area contributed by atoms with Gasteiger partial charge in [-0.05, 0) is 68.6 Å². The molecule has 0 saturated carbocycles. The molecule has 2 rings (SSSR count). The van der Waals surface area contributed by atoms with Gasteiger partial charge in [0.15, 0.2) is 5.11 Å². The van der Waals surface area contributed by atoms with E-state index < -0.39 is 0 Å². The van der Waals surface area contributed by atoms with Crippen LogP contribution in [0.2, 0.25) is 0 Å². The molecule has 1 aromatic rings. The van der Waals surface area contributed by atoms with Crippen LogP contribution in [0.4, 0.5) is 11.4 Å². The fourth-order valence-electron chi connectivity index (χ4n) is 2.49. The number of hydrogen-bond donors (Lipinski definition) is 2. The van der Waals surface area contributed by atoms with Gasteiger partial charge in [-0.1, -0.05) is 11.6 Å². The van der Waals surface area contributed by atoms with Crippen LogP contribution in [0.3, 0.4) is 0 Å². The third-order valence-corrected chi connectivity index (χ3v) is 4.00. The Morgan fingerprint density at radius 1 is 1.19 bits per heavy atom. The number of allylic oxidation sites excluding steroid dienone is 1. The first-order valence-corrected chi connectivity index (χ1v) is 8.06. The predicted molar refractivity (Wildman–Crippen MR) is 96.2 cm³/mol. The second-order valence-electron chi connectivity index (χ2n) is 5.68. The van der Waals surface area contributed by atoms with Crippen molar-refractivity contribution in [2.75, 3.05) is 30.9 Å². The van der Waals surface area contributed by atoms with Crippen molar-refractivity contribution in [3.05, 3.63) is 35.9 Å². The van der Waals surface area contributed by atoms with E-state index in [0.717, 1.165) is 18.7 Å². The van der Waals surface area contributed by atoms with Crippen LogP contribution in [-0.2, 0) is 0 Å². The summed E-state index contributed by atoms with van der Waals surface area (Å²) in [7, 11) is 4.07.